The highest BCUT2D eigenvalue weighted by Gasteiger charge is 2.31. The maximum atomic E-state index is 12.3. The molecular formula is C14H26NO8P. The average Bonchev–Trinajstić information content (AvgIpc) is 2.47. The number of hydrogen-bond donors (Lipinski definition) is 1. The molecule has 0 bridgehead atoms. The van der Waals surface area contributed by atoms with Crippen molar-refractivity contribution in [3.8, 4) is 0 Å². The van der Waals surface area contributed by atoms with Crippen LogP contribution in [0.2, 0.25) is 0 Å². The van der Waals surface area contributed by atoms with E-state index in [1.165, 1.54) is 0 Å². The number of nitrogens with one attached hydrogen (secondary N) is 1. The van der Waals surface area contributed by atoms with Crippen LogP contribution in [0.15, 0.2) is 0 Å². The second-order valence-corrected chi connectivity index (χ2v) is 6.54. The Morgan fingerprint density at radius 2 is 1.46 bits per heavy atom. The summed E-state index contributed by atoms with van der Waals surface area (Å²) in [5, 5.41) is 2.32. The first-order valence-corrected chi connectivity index (χ1v) is 9.54. The fourth-order valence-corrected chi connectivity index (χ4v) is 3.25. The average molecular weight is 367 g/mol. The Labute approximate surface area is 141 Å². The molecule has 140 valence electrons. The molecule has 1 amide bonds. The van der Waals surface area contributed by atoms with Crippen molar-refractivity contribution in [3.63, 3.8) is 0 Å². The molecule has 1 N–H and O–H groups in total. The molecule has 9 nitrogen and oxygen atoms in total. The Hall–Kier alpha value is -1.44. The maximum absolute atomic E-state index is 12.3. The zero-order chi connectivity index (χ0) is 18.6. The first-order valence-electron chi connectivity index (χ1n) is 7.81. The molecule has 0 aromatic carbocycles. The molecule has 0 aliphatic rings. The van der Waals surface area contributed by atoms with Crippen LogP contribution in [-0.4, -0.2) is 56.5 Å². The molecule has 0 saturated carbocycles. The molecule has 0 fully saturated rings. The van der Waals surface area contributed by atoms with E-state index in [4.69, 9.17) is 18.5 Å². The highest BCUT2D eigenvalue weighted by molar-refractivity contribution is 7.54. The SMILES string of the molecule is CCOC(=O)CC(NC(=O)CP(=O)(OCC)OCC)C(=O)OCC. The summed E-state index contributed by atoms with van der Waals surface area (Å²) < 4.78 is 31.9. The summed E-state index contributed by atoms with van der Waals surface area (Å²) >= 11 is 0. The number of hydrogen-bond acceptors (Lipinski definition) is 8. The van der Waals surface area contributed by atoms with Crippen LogP contribution >= 0.6 is 7.60 Å². The molecule has 10 heteroatoms. The Bertz CT molecular complexity index is 458. The van der Waals surface area contributed by atoms with Gasteiger partial charge >= 0.3 is 19.5 Å². The lowest BCUT2D eigenvalue weighted by atomic mass is 10.2. The minimum Gasteiger partial charge on any atom is -0.466 e. The number of carbonyl (C=O) groups is 3. The number of esters is 2. The Morgan fingerprint density at radius 3 is 1.92 bits per heavy atom. The van der Waals surface area contributed by atoms with E-state index in [2.05, 4.69) is 5.32 Å². The van der Waals surface area contributed by atoms with Crippen LogP contribution in [0.4, 0.5) is 0 Å². The molecule has 24 heavy (non-hydrogen) atoms. The molecule has 0 rings (SSSR count). The third kappa shape index (κ3) is 9.00. The van der Waals surface area contributed by atoms with E-state index in [1.807, 2.05) is 0 Å². The van der Waals surface area contributed by atoms with Crippen molar-refractivity contribution in [2.24, 2.45) is 0 Å². The van der Waals surface area contributed by atoms with Gasteiger partial charge in [0, 0.05) is 0 Å². The number of rotatable bonds is 12. The molecule has 1 unspecified atom stereocenters. The van der Waals surface area contributed by atoms with Gasteiger partial charge in [0.05, 0.1) is 32.8 Å². The van der Waals surface area contributed by atoms with Crippen LogP contribution < -0.4 is 5.32 Å². The second-order valence-electron chi connectivity index (χ2n) is 4.49. The van der Waals surface area contributed by atoms with Gasteiger partial charge in [-0.15, -0.1) is 0 Å². The van der Waals surface area contributed by atoms with Gasteiger partial charge in [0.1, 0.15) is 12.2 Å². The maximum Gasteiger partial charge on any atom is 0.340 e. The van der Waals surface area contributed by atoms with Crippen molar-refractivity contribution in [2.45, 2.75) is 40.2 Å². The van der Waals surface area contributed by atoms with Gasteiger partial charge in [-0.3, -0.25) is 14.2 Å². The van der Waals surface area contributed by atoms with Gasteiger partial charge in [0.2, 0.25) is 5.91 Å². The minimum absolute atomic E-state index is 0.0877. The molecule has 0 aliphatic carbocycles. The lowest BCUT2D eigenvalue weighted by Crippen LogP contribution is -2.44. The van der Waals surface area contributed by atoms with Gasteiger partial charge < -0.3 is 23.8 Å². The number of amides is 1. The van der Waals surface area contributed by atoms with Crippen molar-refractivity contribution in [1.29, 1.82) is 0 Å². The Morgan fingerprint density at radius 1 is 0.917 bits per heavy atom. The summed E-state index contributed by atoms with van der Waals surface area (Å²) in [6, 6.07) is -1.23. The molecule has 0 aromatic heterocycles. The van der Waals surface area contributed by atoms with Crippen molar-refractivity contribution in [3.05, 3.63) is 0 Å². The van der Waals surface area contributed by atoms with Crippen LogP contribution in [-0.2, 0) is 37.5 Å². The van der Waals surface area contributed by atoms with Crippen molar-refractivity contribution in [1.82, 2.24) is 5.32 Å². The van der Waals surface area contributed by atoms with Crippen LogP contribution in [0.1, 0.15) is 34.1 Å². The minimum atomic E-state index is -3.60. The quantitative estimate of drug-likeness (QED) is 0.405. The molecule has 0 spiro atoms. The van der Waals surface area contributed by atoms with E-state index >= 15 is 0 Å². The zero-order valence-electron chi connectivity index (χ0n) is 14.5. The van der Waals surface area contributed by atoms with Crippen LogP contribution in [0.25, 0.3) is 0 Å². The molecule has 1 atom stereocenters. The Balaban J connectivity index is 4.92. The van der Waals surface area contributed by atoms with Crippen LogP contribution in [0.5, 0.6) is 0 Å². The lowest BCUT2D eigenvalue weighted by molar-refractivity contribution is -0.153. The van der Waals surface area contributed by atoms with Gasteiger partial charge in [-0.2, -0.15) is 0 Å². The van der Waals surface area contributed by atoms with Gasteiger partial charge in [-0.25, -0.2) is 4.79 Å². The number of ether oxygens (including phenoxy) is 2. The standard InChI is InChI=1S/C14H26NO8P/c1-5-20-13(17)9-11(14(18)21-6-2)15-12(16)10-24(19,22-7-3)23-8-4/h11H,5-10H2,1-4H3,(H,15,16). The van der Waals surface area contributed by atoms with E-state index in [1.54, 1.807) is 27.7 Å². The highest BCUT2D eigenvalue weighted by Crippen LogP contribution is 2.47. The Kier molecular flexibility index (Phi) is 11.3. The highest BCUT2D eigenvalue weighted by atomic mass is 31.2. The fraction of sp³-hybridized carbons (Fsp3) is 0.786. The van der Waals surface area contributed by atoms with Crippen molar-refractivity contribution in [2.75, 3.05) is 32.6 Å². The van der Waals surface area contributed by atoms with Crippen LogP contribution in [0, 0.1) is 0 Å². The van der Waals surface area contributed by atoms with E-state index in [0.717, 1.165) is 0 Å². The van der Waals surface area contributed by atoms with Gasteiger partial charge in [-0.1, -0.05) is 0 Å². The van der Waals surface area contributed by atoms with Gasteiger partial charge in [0.15, 0.2) is 0 Å². The van der Waals surface area contributed by atoms with Gasteiger partial charge in [-0.05, 0) is 27.7 Å². The van der Waals surface area contributed by atoms with E-state index < -0.39 is 37.6 Å². The third-order valence-corrected chi connectivity index (χ3v) is 4.55. The molecule has 0 aliphatic heterocycles. The second kappa shape index (κ2) is 12.0. The predicted molar refractivity (Wildman–Crippen MR) is 85.5 cm³/mol. The van der Waals surface area contributed by atoms with E-state index in [0.29, 0.717) is 0 Å². The van der Waals surface area contributed by atoms with Crippen molar-refractivity contribution < 1.29 is 37.5 Å². The molecule has 0 aromatic rings. The van der Waals surface area contributed by atoms with Gasteiger partial charge in [0.25, 0.3) is 0 Å². The summed E-state index contributed by atoms with van der Waals surface area (Å²) in [6.07, 6.45) is -0.945. The summed E-state index contributed by atoms with van der Waals surface area (Å²) in [5.41, 5.74) is 0. The normalized spacial score (nSPS) is 12.3. The van der Waals surface area contributed by atoms with Crippen molar-refractivity contribution >= 4 is 25.4 Å². The monoisotopic (exact) mass is 367 g/mol. The first kappa shape index (κ1) is 22.6. The number of carbonyl (C=O) groups excluding carboxylic acids is 3. The fourth-order valence-electron chi connectivity index (χ4n) is 1.76. The van der Waals surface area contributed by atoms with Crippen LogP contribution in [0.3, 0.4) is 0 Å². The molecular weight excluding hydrogens is 341 g/mol. The summed E-state index contributed by atoms with van der Waals surface area (Å²) in [5.74, 6) is -2.18. The first-order chi connectivity index (χ1) is 11.3. The van der Waals surface area contributed by atoms with E-state index in [9.17, 15) is 18.9 Å². The summed E-state index contributed by atoms with van der Waals surface area (Å²) in [4.78, 5) is 35.5. The molecule has 0 radical (unpaired) electrons. The lowest BCUT2D eigenvalue weighted by Gasteiger charge is -2.19. The van der Waals surface area contributed by atoms with E-state index in [-0.39, 0.29) is 32.8 Å². The topological polar surface area (TPSA) is 117 Å². The molecule has 0 heterocycles. The predicted octanol–water partition coefficient (Wildman–Crippen LogP) is 1.25. The largest absolute Gasteiger partial charge is 0.466 e. The zero-order valence-corrected chi connectivity index (χ0v) is 15.4. The summed E-state index contributed by atoms with van der Waals surface area (Å²) in [7, 11) is -3.60. The molecule has 0 saturated heterocycles. The summed E-state index contributed by atoms with van der Waals surface area (Å²) in [6.45, 7) is 6.90. The smallest absolute Gasteiger partial charge is 0.340 e. The third-order valence-electron chi connectivity index (χ3n) is 2.57.